The van der Waals surface area contributed by atoms with Crippen LogP contribution in [0.5, 0.6) is 5.75 Å². The lowest BCUT2D eigenvalue weighted by atomic mass is 10.1. The van der Waals surface area contributed by atoms with Crippen molar-refractivity contribution in [2.75, 3.05) is 0 Å². The van der Waals surface area contributed by atoms with Crippen LogP contribution in [0.1, 0.15) is 11.1 Å². The Morgan fingerprint density at radius 1 is 1.13 bits per heavy atom. The largest absolute Gasteiger partial charge is 0.507 e. The molecule has 0 bridgehead atoms. The number of nitrogens with zero attached hydrogens (tertiary/aromatic N) is 3. The minimum atomic E-state index is -0.434. The van der Waals surface area contributed by atoms with Crippen LogP contribution in [0.15, 0.2) is 76.1 Å². The summed E-state index contributed by atoms with van der Waals surface area (Å²) in [7, 11) is 0. The molecule has 0 amide bonds. The van der Waals surface area contributed by atoms with Gasteiger partial charge in [-0.1, -0.05) is 24.3 Å². The van der Waals surface area contributed by atoms with Crippen LogP contribution < -0.4 is 0 Å². The Morgan fingerprint density at radius 3 is 2.83 bits per heavy atom. The first-order chi connectivity index (χ1) is 14.5. The van der Waals surface area contributed by atoms with E-state index in [-0.39, 0.29) is 11.4 Å². The fourth-order valence-electron chi connectivity index (χ4n) is 2.95. The van der Waals surface area contributed by atoms with Gasteiger partial charge in [0.25, 0.3) is 5.69 Å². The smallest absolute Gasteiger partial charge is 0.270 e. The number of aryl methyl sites for hydroxylation is 1. The van der Waals surface area contributed by atoms with E-state index in [1.54, 1.807) is 42.6 Å². The molecule has 0 aliphatic heterocycles. The minimum Gasteiger partial charge on any atom is -0.507 e. The maximum absolute atomic E-state index is 10.8. The molecule has 148 valence electrons. The van der Waals surface area contributed by atoms with Crippen molar-refractivity contribution in [1.29, 1.82) is 0 Å². The molecule has 0 saturated heterocycles. The average Bonchev–Trinajstić information content (AvgIpc) is 3.15. The molecular weight excluding hydrogens is 382 g/mol. The van der Waals surface area contributed by atoms with Crippen LogP contribution in [0.3, 0.4) is 0 Å². The molecule has 0 fully saturated rings. The summed E-state index contributed by atoms with van der Waals surface area (Å²) in [6.45, 7) is 1.97. The number of allylic oxidation sites excluding steroid dienone is 1. The van der Waals surface area contributed by atoms with Gasteiger partial charge in [0.2, 0.25) is 5.89 Å². The first-order valence-corrected chi connectivity index (χ1v) is 9.15. The lowest BCUT2D eigenvalue weighted by molar-refractivity contribution is -0.384. The van der Waals surface area contributed by atoms with E-state index in [4.69, 9.17) is 4.42 Å². The molecule has 1 heterocycles. The normalized spacial score (nSPS) is 11.6. The van der Waals surface area contributed by atoms with Crippen molar-refractivity contribution in [1.82, 2.24) is 4.98 Å². The Labute approximate surface area is 171 Å². The summed E-state index contributed by atoms with van der Waals surface area (Å²) in [6.07, 6.45) is 4.99. The van der Waals surface area contributed by atoms with E-state index >= 15 is 0 Å². The molecule has 0 atom stereocenters. The van der Waals surface area contributed by atoms with Crippen molar-refractivity contribution in [3.8, 4) is 17.2 Å². The summed E-state index contributed by atoms with van der Waals surface area (Å²) in [6, 6.07) is 16.9. The molecule has 1 N–H and O–H groups in total. The number of aliphatic imine (C=N–C) groups is 1. The van der Waals surface area contributed by atoms with Crippen LogP contribution in [0.4, 0.5) is 11.4 Å². The number of nitro groups is 1. The lowest BCUT2D eigenvalue weighted by Crippen LogP contribution is -1.87. The van der Waals surface area contributed by atoms with Gasteiger partial charge in [-0.15, -0.1) is 0 Å². The molecule has 0 aliphatic rings. The zero-order valence-electron chi connectivity index (χ0n) is 16.0. The third kappa shape index (κ3) is 4.10. The van der Waals surface area contributed by atoms with Gasteiger partial charge in [0.05, 0.1) is 16.2 Å². The van der Waals surface area contributed by atoms with Gasteiger partial charge in [-0.25, -0.2) is 4.98 Å². The minimum absolute atomic E-state index is 0.0331. The van der Waals surface area contributed by atoms with Crippen molar-refractivity contribution in [3.63, 3.8) is 0 Å². The van der Waals surface area contributed by atoms with E-state index in [1.165, 1.54) is 18.2 Å². The molecule has 7 heteroatoms. The monoisotopic (exact) mass is 399 g/mol. The molecule has 0 spiro atoms. The van der Waals surface area contributed by atoms with Gasteiger partial charge in [-0.05, 0) is 54.5 Å². The topological polar surface area (TPSA) is 102 Å². The summed E-state index contributed by atoms with van der Waals surface area (Å²) in [4.78, 5) is 19.2. The predicted molar refractivity (Wildman–Crippen MR) is 116 cm³/mol. The van der Waals surface area contributed by atoms with E-state index in [0.717, 1.165) is 5.56 Å². The van der Waals surface area contributed by atoms with E-state index < -0.39 is 4.92 Å². The fourth-order valence-corrected chi connectivity index (χ4v) is 2.95. The highest BCUT2D eigenvalue weighted by Gasteiger charge is 2.13. The molecular formula is C23H17N3O4. The molecule has 0 unspecified atom stereocenters. The Hall–Kier alpha value is -4.26. The number of phenolic OH excluding ortho intramolecular Hbond substituents is 1. The Bertz CT molecular complexity index is 1310. The van der Waals surface area contributed by atoms with E-state index in [2.05, 4.69) is 9.98 Å². The SMILES string of the molecule is Cc1ccc2nc(-c3cc(N=CC=Cc4cccc([N+](=O)[O-])c4)ccc3O)oc2c1. The average molecular weight is 399 g/mol. The standard InChI is InChI=1S/C23H17N3O4/c1-15-7-9-20-22(12-15)30-23(25-20)19-14-17(8-10-21(19)27)24-11-3-5-16-4-2-6-18(13-16)26(28)29/h2-14,27H,1H3. The molecule has 3 aromatic carbocycles. The number of non-ortho nitro benzene ring substituents is 1. The molecule has 1 aromatic heterocycles. The van der Waals surface area contributed by atoms with E-state index in [1.807, 2.05) is 25.1 Å². The van der Waals surface area contributed by atoms with Crippen molar-refractivity contribution in [3.05, 3.63) is 88.0 Å². The van der Waals surface area contributed by atoms with E-state index in [0.29, 0.717) is 33.8 Å². The highest BCUT2D eigenvalue weighted by molar-refractivity contribution is 5.82. The number of oxazole rings is 1. The molecule has 4 rings (SSSR count). The van der Waals surface area contributed by atoms with Gasteiger partial charge >= 0.3 is 0 Å². The van der Waals surface area contributed by atoms with Crippen LogP contribution in [-0.4, -0.2) is 21.2 Å². The van der Waals surface area contributed by atoms with Gasteiger partial charge in [0.15, 0.2) is 5.58 Å². The molecule has 0 radical (unpaired) electrons. The second-order valence-electron chi connectivity index (χ2n) is 6.68. The second kappa shape index (κ2) is 8.00. The number of benzene rings is 3. The number of nitro benzene ring substituents is 1. The maximum atomic E-state index is 10.8. The van der Waals surface area contributed by atoms with Gasteiger partial charge in [0.1, 0.15) is 11.3 Å². The van der Waals surface area contributed by atoms with Gasteiger partial charge in [-0.3, -0.25) is 15.1 Å². The highest BCUT2D eigenvalue weighted by atomic mass is 16.6. The third-order valence-electron chi connectivity index (χ3n) is 4.43. The van der Waals surface area contributed by atoms with Crippen molar-refractivity contribution in [2.24, 2.45) is 4.99 Å². The van der Waals surface area contributed by atoms with Crippen molar-refractivity contribution in [2.45, 2.75) is 6.92 Å². The first kappa shape index (κ1) is 19.1. The zero-order valence-corrected chi connectivity index (χ0v) is 16.0. The summed E-state index contributed by atoms with van der Waals surface area (Å²) < 4.78 is 5.79. The van der Waals surface area contributed by atoms with E-state index in [9.17, 15) is 15.2 Å². The number of phenols is 1. The Kier molecular flexibility index (Phi) is 5.09. The molecule has 30 heavy (non-hydrogen) atoms. The number of hydrogen-bond donors (Lipinski definition) is 1. The Morgan fingerprint density at radius 2 is 2.00 bits per heavy atom. The molecule has 4 aromatic rings. The summed E-state index contributed by atoms with van der Waals surface area (Å²) in [5, 5.41) is 21.1. The third-order valence-corrected chi connectivity index (χ3v) is 4.43. The second-order valence-corrected chi connectivity index (χ2v) is 6.68. The number of rotatable bonds is 5. The summed E-state index contributed by atoms with van der Waals surface area (Å²) in [5.41, 5.74) is 4.20. The molecule has 0 aliphatic carbocycles. The number of hydrogen-bond acceptors (Lipinski definition) is 6. The summed E-state index contributed by atoms with van der Waals surface area (Å²) >= 11 is 0. The lowest BCUT2D eigenvalue weighted by Gasteiger charge is -2.01. The quantitative estimate of drug-likeness (QED) is 0.258. The zero-order chi connectivity index (χ0) is 21.1. The van der Waals surface area contributed by atoms with Gasteiger partial charge < -0.3 is 9.52 Å². The molecule has 0 saturated carbocycles. The Balaban J connectivity index is 1.57. The van der Waals surface area contributed by atoms with Gasteiger partial charge in [0, 0.05) is 18.3 Å². The number of fused-ring (bicyclic) bond motifs is 1. The predicted octanol–water partition coefficient (Wildman–Crippen LogP) is 5.83. The van der Waals surface area contributed by atoms with Crippen LogP contribution in [0.25, 0.3) is 28.6 Å². The van der Waals surface area contributed by atoms with Crippen LogP contribution >= 0.6 is 0 Å². The fraction of sp³-hybridized carbons (Fsp3) is 0.0435. The highest BCUT2D eigenvalue weighted by Crippen LogP contribution is 2.34. The number of aromatic hydroxyl groups is 1. The summed E-state index contributed by atoms with van der Waals surface area (Å²) in [5.74, 6) is 0.363. The van der Waals surface area contributed by atoms with Crippen LogP contribution in [0.2, 0.25) is 0 Å². The first-order valence-electron chi connectivity index (χ1n) is 9.15. The molecule has 7 nitrogen and oxygen atoms in total. The van der Waals surface area contributed by atoms with Crippen LogP contribution in [-0.2, 0) is 0 Å². The van der Waals surface area contributed by atoms with Gasteiger partial charge in [-0.2, -0.15) is 0 Å². The van der Waals surface area contributed by atoms with Crippen LogP contribution in [0, 0.1) is 17.0 Å². The van der Waals surface area contributed by atoms with Crippen molar-refractivity contribution >= 4 is 34.8 Å². The number of aromatic nitrogens is 1. The van der Waals surface area contributed by atoms with Crippen molar-refractivity contribution < 1.29 is 14.4 Å². The maximum Gasteiger partial charge on any atom is 0.270 e.